The number of rotatable bonds is 6. The van der Waals surface area contributed by atoms with Crippen LogP contribution in [0, 0.1) is 6.92 Å². The largest absolute Gasteiger partial charge is 0.469 e. The quantitative estimate of drug-likeness (QED) is 0.549. The highest BCUT2D eigenvalue weighted by molar-refractivity contribution is 6.43. The molecule has 0 aliphatic rings. The average Bonchev–Trinajstić information content (AvgIpc) is 3.21. The van der Waals surface area contributed by atoms with Crippen LogP contribution in [0.25, 0.3) is 0 Å². The second-order valence-corrected chi connectivity index (χ2v) is 5.25. The Morgan fingerprint density at radius 1 is 1.17 bits per heavy atom. The van der Waals surface area contributed by atoms with Crippen LogP contribution in [-0.2, 0) is 17.6 Å². The molecule has 2 aromatic heterocycles. The molecule has 0 saturated heterocycles. The summed E-state index contributed by atoms with van der Waals surface area (Å²) in [7, 11) is 0. The highest BCUT2D eigenvalue weighted by Crippen LogP contribution is 2.15. The summed E-state index contributed by atoms with van der Waals surface area (Å²) in [6, 6.07) is 9.91. The summed E-state index contributed by atoms with van der Waals surface area (Å²) >= 11 is 0. The summed E-state index contributed by atoms with van der Waals surface area (Å²) in [5, 5.41) is 12.4. The zero-order chi connectivity index (χ0) is 16.2. The minimum Gasteiger partial charge on any atom is -0.469 e. The van der Waals surface area contributed by atoms with Gasteiger partial charge >= 0.3 is 0 Å². The van der Waals surface area contributed by atoms with E-state index in [4.69, 9.17) is 4.42 Å². The van der Waals surface area contributed by atoms with E-state index in [2.05, 4.69) is 20.6 Å². The SMILES string of the molecule is Cc1ccc(Cc2cc(CC(=O)C(=O)c3nn[nH]n3)co2)cc1. The second kappa shape index (κ2) is 6.35. The van der Waals surface area contributed by atoms with E-state index in [0.29, 0.717) is 12.0 Å². The van der Waals surface area contributed by atoms with Crippen LogP contribution in [0.5, 0.6) is 0 Å². The van der Waals surface area contributed by atoms with Gasteiger partial charge in [0, 0.05) is 12.8 Å². The average molecular weight is 310 g/mol. The minimum atomic E-state index is -0.764. The normalized spacial score (nSPS) is 10.7. The number of H-pyrrole nitrogens is 1. The molecule has 3 rings (SSSR count). The Bertz CT molecular complexity index is 819. The molecule has 0 spiro atoms. The maximum atomic E-state index is 11.9. The van der Waals surface area contributed by atoms with Gasteiger partial charge in [-0.2, -0.15) is 5.21 Å². The van der Waals surface area contributed by atoms with Gasteiger partial charge in [-0.05, 0) is 29.3 Å². The summed E-state index contributed by atoms with van der Waals surface area (Å²) in [5.41, 5.74) is 2.96. The number of furan rings is 1. The third-order valence-corrected chi connectivity index (χ3v) is 3.37. The zero-order valence-electron chi connectivity index (χ0n) is 12.4. The Kier molecular flexibility index (Phi) is 4.09. The standard InChI is InChI=1S/C16H14N4O3/c1-10-2-4-11(5-3-10)6-13-7-12(9-23-13)8-14(21)15(22)16-17-19-20-18-16/h2-5,7,9H,6,8H2,1H3,(H,17,18,19,20). The van der Waals surface area contributed by atoms with E-state index in [9.17, 15) is 9.59 Å². The van der Waals surface area contributed by atoms with Crippen LogP contribution in [0.15, 0.2) is 41.0 Å². The molecule has 2 heterocycles. The molecule has 1 aromatic carbocycles. The number of carbonyl (C=O) groups excluding carboxylic acids is 2. The summed E-state index contributed by atoms with van der Waals surface area (Å²) < 4.78 is 5.46. The van der Waals surface area contributed by atoms with Crippen molar-refractivity contribution < 1.29 is 14.0 Å². The van der Waals surface area contributed by atoms with Crippen LogP contribution < -0.4 is 0 Å². The third-order valence-electron chi connectivity index (χ3n) is 3.37. The van der Waals surface area contributed by atoms with Crippen molar-refractivity contribution in [1.29, 1.82) is 0 Å². The van der Waals surface area contributed by atoms with Gasteiger partial charge in [-0.3, -0.25) is 9.59 Å². The lowest BCUT2D eigenvalue weighted by Crippen LogP contribution is -2.18. The lowest BCUT2D eigenvalue weighted by Gasteiger charge is -1.98. The maximum absolute atomic E-state index is 11.9. The molecule has 0 amide bonds. The Balaban J connectivity index is 1.64. The minimum absolute atomic E-state index is 0.0508. The Morgan fingerprint density at radius 3 is 2.65 bits per heavy atom. The van der Waals surface area contributed by atoms with Gasteiger partial charge in [0.15, 0.2) is 0 Å². The van der Waals surface area contributed by atoms with Crippen molar-refractivity contribution in [3.05, 3.63) is 64.9 Å². The molecule has 23 heavy (non-hydrogen) atoms. The molecule has 0 saturated carbocycles. The Labute approximate surface area is 131 Å². The fourth-order valence-corrected chi connectivity index (χ4v) is 2.17. The Hall–Kier alpha value is -3.09. The van der Waals surface area contributed by atoms with E-state index in [1.807, 2.05) is 31.2 Å². The van der Waals surface area contributed by atoms with Crippen molar-refractivity contribution in [2.75, 3.05) is 0 Å². The third kappa shape index (κ3) is 3.57. The number of aromatic nitrogens is 4. The number of tetrazole rings is 1. The van der Waals surface area contributed by atoms with E-state index in [-0.39, 0.29) is 12.2 Å². The van der Waals surface area contributed by atoms with Crippen molar-refractivity contribution in [3.63, 3.8) is 0 Å². The Morgan fingerprint density at radius 2 is 1.96 bits per heavy atom. The van der Waals surface area contributed by atoms with Crippen LogP contribution in [0.4, 0.5) is 0 Å². The predicted molar refractivity (Wildman–Crippen MR) is 79.9 cm³/mol. The van der Waals surface area contributed by atoms with E-state index in [1.165, 1.54) is 11.8 Å². The van der Waals surface area contributed by atoms with Gasteiger partial charge in [0.2, 0.25) is 11.6 Å². The first-order chi connectivity index (χ1) is 11.1. The number of hydrogen-bond acceptors (Lipinski definition) is 6. The smallest absolute Gasteiger partial charge is 0.269 e. The molecule has 0 bridgehead atoms. The number of ketones is 2. The van der Waals surface area contributed by atoms with Crippen LogP contribution in [0.3, 0.4) is 0 Å². The first kappa shape index (κ1) is 14.8. The fourth-order valence-electron chi connectivity index (χ4n) is 2.17. The molecular formula is C16H14N4O3. The lowest BCUT2D eigenvalue weighted by atomic mass is 10.1. The number of benzene rings is 1. The van der Waals surface area contributed by atoms with E-state index < -0.39 is 11.6 Å². The van der Waals surface area contributed by atoms with Crippen LogP contribution in [0.1, 0.15) is 33.1 Å². The number of aryl methyl sites for hydroxylation is 1. The van der Waals surface area contributed by atoms with Gasteiger partial charge in [-0.15, -0.1) is 10.2 Å². The number of hydrogen-bond donors (Lipinski definition) is 1. The van der Waals surface area contributed by atoms with Gasteiger partial charge < -0.3 is 4.42 Å². The number of Topliss-reactive ketones (excluding diaryl/α,β-unsaturated/α-hetero) is 2. The summed E-state index contributed by atoms with van der Waals surface area (Å²) in [6.07, 6.45) is 2.07. The van der Waals surface area contributed by atoms with Crippen molar-refractivity contribution in [1.82, 2.24) is 20.6 Å². The van der Waals surface area contributed by atoms with Crippen molar-refractivity contribution in [2.24, 2.45) is 0 Å². The first-order valence-corrected chi connectivity index (χ1v) is 7.04. The summed E-state index contributed by atoms with van der Waals surface area (Å²) in [5.74, 6) is -0.851. The van der Waals surface area contributed by atoms with Gasteiger partial charge in [0.05, 0.1) is 6.26 Å². The van der Waals surface area contributed by atoms with E-state index in [0.717, 1.165) is 11.3 Å². The van der Waals surface area contributed by atoms with Crippen molar-refractivity contribution >= 4 is 11.6 Å². The van der Waals surface area contributed by atoms with Crippen molar-refractivity contribution in [2.45, 2.75) is 19.8 Å². The summed E-state index contributed by atoms with van der Waals surface area (Å²) in [6.45, 7) is 2.03. The van der Waals surface area contributed by atoms with Gasteiger partial charge in [0.25, 0.3) is 5.78 Å². The summed E-state index contributed by atoms with van der Waals surface area (Å²) in [4.78, 5) is 23.7. The second-order valence-electron chi connectivity index (χ2n) is 5.25. The van der Waals surface area contributed by atoms with Gasteiger partial charge in [-0.25, -0.2) is 0 Å². The topological polar surface area (TPSA) is 102 Å². The molecular weight excluding hydrogens is 296 g/mol. The molecule has 1 N–H and O–H groups in total. The molecule has 7 nitrogen and oxygen atoms in total. The molecule has 0 radical (unpaired) electrons. The number of aromatic amines is 1. The molecule has 0 aliphatic heterocycles. The van der Waals surface area contributed by atoms with Crippen LogP contribution >= 0.6 is 0 Å². The molecule has 0 unspecified atom stereocenters. The van der Waals surface area contributed by atoms with E-state index >= 15 is 0 Å². The molecule has 3 aromatic rings. The molecule has 0 aliphatic carbocycles. The molecule has 0 atom stereocenters. The van der Waals surface area contributed by atoms with Gasteiger partial charge in [-0.1, -0.05) is 29.8 Å². The highest BCUT2D eigenvalue weighted by atomic mass is 16.3. The van der Waals surface area contributed by atoms with Crippen molar-refractivity contribution in [3.8, 4) is 0 Å². The van der Waals surface area contributed by atoms with Crippen LogP contribution in [0.2, 0.25) is 0 Å². The fraction of sp³-hybridized carbons (Fsp3) is 0.188. The first-order valence-electron chi connectivity index (χ1n) is 7.04. The molecule has 116 valence electrons. The monoisotopic (exact) mass is 310 g/mol. The maximum Gasteiger partial charge on any atom is 0.269 e. The lowest BCUT2D eigenvalue weighted by molar-refractivity contribution is -0.114. The zero-order valence-corrected chi connectivity index (χ0v) is 12.4. The highest BCUT2D eigenvalue weighted by Gasteiger charge is 2.21. The number of carbonyl (C=O) groups is 2. The van der Waals surface area contributed by atoms with E-state index in [1.54, 1.807) is 6.07 Å². The predicted octanol–water partition coefficient (Wildman–Crippen LogP) is 1.69. The molecule has 0 fully saturated rings. The van der Waals surface area contributed by atoms with Gasteiger partial charge in [0.1, 0.15) is 5.76 Å². The van der Waals surface area contributed by atoms with Crippen LogP contribution in [-0.4, -0.2) is 32.2 Å². The number of nitrogens with one attached hydrogen (secondary N) is 1. The number of nitrogens with zero attached hydrogens (tertiary/aromatic N) is 3. The molecule has 7 heteroatoms.